The molecule has 3 aliphatic heterocycles. The Hall–Kier alpha value is -1.61. The van der Waals surface area contributed by atoms with Crippen molar-refractivity contribution in [1.82, 2.24) is 14.7 Å². The quantitative estimate of drug-likeness (QED) is 0.186. The first kappa shape index (κ1) is 50.7. The van der Waals surface area contributed by atoms with E-state index in [1.54, 1.807) is 24.8 Å². The number of likely N-dealkylation sites (tertiary alicyclic amines) is 2. The molecule has 6 aliphatic rings. The standard InChI is InChI=1S/C13H22BNO3Si.C12H20BNO3Si.C10H12BNO3.C3H9IOS/c1-13(2,3)19(4,5)18-7-10-8-6-9(8)11(16)15(10)12(14)17;1-12(2,3)18(4,5)17-8-9-6-7-10(15)14(9)11(13)16;11-9(15)12-6-2-1-3-10(6)4-5(10)7(12)8(13)14;1-6(2,3,4)5/h8-10H,6-7H2,1-5H3;6-7,9H,8H2,1-5H3;5-7H,1-4H2,(H,13,14);1-3H3/t8?,9?,10-;9-;5?,6?,7-,10?;/m100./s1. The van der Waals surface area contributed by atoms with Crippen molar-refractivity contribution in [2.24, 2.45) is 23.2 Å². The minimum atomic E-state index is -2.13. The van der Waals surface area contributed by atoms with E-state index in [2.05, 4.69) is 67.7 Å². The maximum Gasteiger partial charge on any atom is 0.326 e. The molecule has 3 saturated carbocycles. The Morgan fingerprint density at radius 2 is 1.38 bits per heavy atom. The SMILES string of the molecule is CS(C)(C)(=O)I.[B]C(=O)N1C(=O)C2CC2[C@H]1CO[Si](C)(C)C(C)(C)C.[B]C(=O)N1C(=O)C=C[C@H]1CO[Si](C)(C)C(C)(C)C.[B]C(=O)N1C2CCCC23CC3[C@H]1C(=O)O. The summed E-state index contributed by atoms with van der Waals surface area (Å²) in [6, 6.07) is -1.08. The molecule has 1 N–H and O–H groups in total. The van der Waals surface area contributed by atoms with Crippen LogP contribution < -0.4 is 0 Å². The summed E-state index contributed by atoms with van der Waals surface area (Å²) >= 11 is 1.96. The van der Waals surface area contributed by atoms with Crippen molar-refractivity contribution in [2.45, 2.75) is 134 Å². The average Bonchev–Trinajstić information content (AvgIpc) is 3.77. The second-order valence-electron chi connectivity index (χ2n) is 20.5. The van der Waals surface area contributed by atoms with Crippen molar-refractivity contribution in [3.8, 4) is 0 Å². The molecule has 0 aromatic heterocycles. The maximum absolute atomic E-state index is 11.9. The van der Waals surface area contributed by atoms with Crippen LogP contribution in [-0.2, 0) is 29.5 Å². The largest absolute Gasteiger partial charge is 0.480 e. The third-order valence-corrected chi connectivity index (χ3v) is 22.1. The van der Waals surface area contributed by atoms with Crippen LogP contribution in [0.4, 0.5) is 14.4 Å². The molecular formula is C38H63B3IN3O10SSi2. The van der Waals surface area contributed by atoms with Gasteiger partial charge >= 0.3 is 5.97 Å². The van der Waals surface area contributed by atoms with Crippen molar-refractivity contribution in [1.29, 1.82) is 0 Å². The molecule has 0 bridgehead atoms. The molecule has 58 heavy (non-hydrogen) atoms. The lowest BCUT2D eigenvalue weighted by Crippen LogP contribution is -2.48. The Bertz CT molecular complexity index is 1740. The summed E-state index contributed by atoms with van der Waals surface area (Å²) in [5.74, 6) is -2.87. The van der Waals surface area contributed by atoms with Gasteiger partial charge in [0.05, 0.1) is 25.3 Å². The van der Waals surface area contributed by atoms with Gasteiger partial charge in [-0.15, -0.1) is 0 Å². The van der Waals surface area contributed by atoms with Crippen molar-refractivity contribution < 1.29 is 46.9 Å². The number of hydrogen-bond donors (Lipinski definition) is 1. The van der Waals surface area contributed by atoms with Gasteiger partial charge < -0.3 is 18.9 Å². The molecule has 20 heteroatoms. The van der Waals surface area contributed by atoms with Crippen molar-refractivity contribution in [3.05, 3.63) is 12.2 Å². The van der Waals surface area contributed by atoms with Gasteiger partial charge in [-0.05, 0) is 98.0 Å². The highest BCUT2D eigenvalue weighted by molar-refractivity contribution is 14.2. The van der Waals surface area contributed by atoms with E-state index in [0.29, 0.717) is 13.2 Å². The lowest BCUT2D eigenvalue weighted by molar-refractivity contribution is -0.142. The highest BCUT2D eigenvalue weighted by Gasteiger charge is 2.73. The van der Waals surface area contributed by atoms with Crippen LogP contribution in [0.5, 0.6) is 0 Å². The smallest absolute Gasteiger partial charge is 0.326 e. The first-order valence-electron chi connectivity index (χ1n) is 19.8. The van der Waals surface area contributed by atoms with Crippen LogP contribution in [0, 0.1) is 23.2 Å². The summed E-state index contributed by atoms with van der Waals surface area (Å²) in [6.45, 7) is 22.3. The predicted octanol–water partition coefficient (Wildman–Crippen LogP) is 5.86. The number of piperidine rings is 2. The van der Waals surface area contributed by atoms with Gasteiger partial charge in [0.25, 0.3) is 5.91 Å². The Kier molecular flexibility index (Phi) is 15.1. The second kappa shape index (κ2) is 17.3. The summed E-state index contributed by atoms with van der Waals surface area (Å²) in [7, 11) is 12.0. The van der Waals surface area contributed by atoms with Crippen LogP contribution in [0.1, 0.15) is 73.6 Å². The molecule has 3 heterocycles. The number of carbonyl (C=O) groups is 6. The van der Waals surface area contributed by atoms with E-state index in [9.17, 15) is 33.0 Å². The predicted molar refractivity (Wildman–Crippen MR) is 243 cm³/mol. The van der Waals surface area contributed by atoms with E-state index >= 15 is 0 Å². The zero-order valence-corrected chi connectivity index (χ0v) is 41.6. The van der Waals surface area contributed by atoms with E-state index in [1.807, 2.05) is 21.2 Å². The number of halogens is 1. The fraction of sp³-hybridized carbons (Fsp3) is 0.789. The number of aliphatic carboxylic acids is 1. The van der Waals surface area contributed by atoms with Crippen LogP contribution in [-0.4, -0.2) is 156 Å². The maximum atomic E-state index is 11.9. The van der Waals surface area contributed by atoms with Crippen molar-refractivity contribution in [3.63, 3.8) is 0 Å². The number of carbonyl (C=O) groups excluding carboxylic acids is 5. The Balaban J connectivity index is 0.000000218. The molecule has 6 radical (unpaired) electrons. The molecule has 5 unspecified atom stereocenters. The van der Waals surface area contributed by atoms with Gasteiger partial charge in [-0.3, -0.25) is 38.0 Å². The number of imide groups is 2. The van der Waals surface area contributed by atoms with Gasteiger partial charge in [-0.25, -0.2) is 4.79 Å². The fourth-order valence-electron chi connectivity index (χ4n) is 7.78. The molecule has 13 nitrogen and oxygen atoms in total. The molecular weight excluding hydrogens is 906 g/mol. The topological polar surface area (TPSA) is 168 Å². The van der Waals surface area contributed by atoms with Gasteiger partial charge in [0, 0.05) is 39.2 Å². The van der Waals surface area contributed by atoms with Crippen LogP contribution in [0.2, 0.25) is 36.3 Å². The summed E-state index contributed by atoms with van der Waals surface area (Å²) in [6.07, 6.45) is 11.1. The fourth-order valence-corrected chi connectivity index (χ4v) is 9.83. The molecule has 5 amide bonds. The monoisotopic (exact) mass is 969 g/mol. The summed E-state index contributed by atoms with van der Waals surface area (Å²) in [4.78, 5) is 72.0. The minimum absolute atomic E-state index is 0.0144. The Labute approximate surface area is 363 Å². The average molecular weight is 970 g/mol. The number of amides is 5. The van der Waals surface area contributed by atoms with Crippen LogP contribution in [0.3, 0.4) is 0 Å². The molecule has 8 atom stereocenters. The van der Waals surface area contributed by atoms with Crippen molar-refractivity contribution in [2.75, 3.05) is 32.0 Å². The zero-order chi connectivity index (χ0) is 45.0. The third-order valence-electron chi connectivity index (χ3n) is 13.1. The number of rotatable bonds is 7. The normalized spacial score (nSPS) is 30.3. The van der Waals surface area contributed by atoms with Gasteiger partial charge in [0.1, 0.15) is 6.04 Å². The van der Waals surface area contributed by atoms with E-state index in [0.717, 1.165) is 37.0 Å². The Morgan fingerprint density at radius 3 is 1.81 bits per heavy atom. The van der Waals surface area contributed by atoms with Gasteiger partial charge in [0.2, 0.25) is 29.4 Å². The highest BCUT2D eigenvalue weighted by atomic mass is 127. The zero-order valence-electron chi connectivity index (χ0n) is 36.6. The summed E-state index contributed by atoms with van der Waals surface area (Å²) in [5.41, 5.74) is 0.123. The number of fused-ring (bicyclic) bond motifs is 1. The van der Waals surface area contributed by atoms with Crippen LogP contribution in [0.25, 0.3) is 0 Å². The molecule has 5 fully saturated rings. The molecule has 3 aliphatic carbocycles. The lowest BCUT2D eigenvalue weighted by Gasteiger charge is -2.38. The first-order chi connectivity index (χ1) is 25.9. The van der Waals surface area contributed by atoms with Gasteiger partial charge in [-0.1, -0.05) is 60.3 Å². The van der Waals surface area contributed by atoms with Gasteiger partial charge in [0.15, 0.2) is 34.1 Å². The van der Waals surface area contributed by atoms with E-state index < -0.39 is 52.3 Å². The molecule has 1 spiro atoms. The van der Waals surface area contributed by atoms with E-state index in [1.165, 1.54) is 15.9 Å². The molecule has 6 rings (SSSR count). The summed E-state index contributed by atoms with van der Waals surface area (Å²) < 4.78 is 22.9. The van der Waals surface area contributed by atoms with Gasteiger partial charge in [-0.2, -0.15) is 0 Å². The molecule has 0 aromatic rings. The second-order valence-corrected chi connectivity index (χ2v) is 43.6. The molecule has 2 saturated heterocycles. The van der Waals surface area contributed by atoms with Crippen LogP contribution >= 0.6 is 21.2 Å². The van der Waals surface area contributed by atoms with Crippen molar-refractivity contribution >= 4 is 103 Å². The van der Waals surface area contributed by atoms with Crippen LogP contribution in [0.15, 0.2) is 12.2 Å². The number of carboxylic acid groups (broad SMARTS) is 1. The molecule has 0 aromatic carbocycles. The molecule has 320 valence electrons. The lowest BCUT2D eigenvalue weighted by atomic mass is 9.99. The van der Waals surface area contributed by atoms with E-state index in [4.69, 9.17) is 37.5 Å². The summed E-state index contributed by atoms with van der Waals surface area (Å²) in [5, 5.41) is 9.35. The Morgan fingerprint density at radius 1 is 0.897 bits per heavy atom. The number of hydrogen-bond acceptors (Lipinski definition) is 9. The van der Waals surface area contributed by atoms with E-state index in [-0.39, 0.29) is 63.2 Å². The number of carboxylic acids is 1. The number of nitrogens with zero attached hydrogens (tertiary/aromatic N) is 3. The minimum Gasteiger partial charge on any atom is -0.480 e. The highest BCUT2D eigenvalue weighted by Crippen LogP contribution is 2.70. The third kappa shape index (κ3) is 12.1. The first-order valence-corrected chi connectivity index (χ1v) is 31.3.